The minimum Gasteiger partial charge on any atom is -0.367 e. The van der Waals surface area contributed by atoms with Crippen LogP contribution in [0.25, 0.3) is 0 Å². The Hall–Kier alpha value is -0.620. The van der Waals surface area contributed by atoms with Crippen molar-refractivity contribution in [3.05, 3.63) is 0 Å². The molecule has 6 heteroatoms. The average molecular weight is 304 g/mol. The van der Waals surface area contributed by atoms with Crippen LogP contribution in [0.1, 0.15) is 47.5 Å². The fourth-order valence-electron chi connectivity index (χ4n) is 2.55. The van der Waals surface area contributed by atoms with Crippen molar-refractivity contribution < 1.29 is 13.7 Å². The van der Waals surface area contributed by atoms with Crippen LogP contribution in [0, 0.1) is 0 Å². The van der Waals surface area contributed by atoms with E-state index in [0.717, 1.165) is 6.42 Å². The van der Waals surface area contributed by atoms with E-state index in [1.807, 2.05) is 34.6 Å². The zero-order chi connectivity index (χ0) is 15.6. The summed E-state index contributed by atoms with van der Waals surface area (Å²) in [4.78, 5) is 11.9. The van der Waals surface area contributed by atoms with Gasteiger partial charge in [-0.15, -0.1) is 0 Å². The highest BCUT2D eigenvalue weighted by atomic mass is 32.2. The number of hydrogen-bond donors (Lipinski definition) is 2. The Kier molecular flexibility index (Phi) is 5.61. The second-order valence-electron chi connectivity index (χ2n) is 6.72. The smallest absolute Gasteiger partial charge is 0.315 e. The van der Waals surface area contributed by atoms with Gasteiger partial charge in [-0.05, 0) is 40.5 Å². The van der Waals surface area contributed by atoms with Gasteiger partial charge in [0.05, 0.1) is 17.2 Å². The van der Waals surface area contributed by atoms with Gasteiger partial charge >= 0.3 is 6.03 Å². The molecule has 0 spiro atoms. The molecule has 0 aromatic heterocycles. The number of ether oxygens (including phenoxy) is 1. The van der Waals surface area contributed by atoms with Crippen LogP contribution in [-0.2, 0) is 15.5 Å². The van der Waals surface area contributed by atoms with Gasteiger partial charge in [0.15, 0.2) is 0 Å². The van der Waals surface area contributed by atoms with Crippen LogP contribution in [0.2, 0.25) is 0 Å². The average Bonchev–Trinajstić information content (AvgIpc) is 2.45. The largest absolute Gasteiger partial charge is 0.367 e. The van der Waals surface area contributed by atoms with Crippen LogP contribution in [0.15, 0.2) is 0 Å². The highest BCUT2D eigenvalue weighted by molar-refractivity contribution is 7.84. The lowest BCUT2D eigenvalue weighted by Crippen LogP contribution is -2.50. The van der Waals surface area contributed by atoms with Crippen LogP contribution in [0.4, 0.5) is 4.79 Å². The van der Waals surface area contributed by atoms with Crippen molar-refractivity contribution in [2.24, 2.45) is 0 Å². The van der Waals surface area contributed by atoms with Crippen LogP contribution < -0.4 is 10.6 Å². The first kappa shape index (κ1) is 17.4. The van der Waals surface area contributed by atoms with Crippen molar-refractivity contribution in [2.75, 3.05) is 12.8 Å². The fraction of sp³-hybridized carbons (Fsp3) is 0.929. The molecule has 1 aliphatic rings. The Labute approximate surface area is 124 Å². The van der Waals surface area contributed by atoms with E-state index in [2.05, 4.69) is 10.6 Å². The highest BCUT2D eigenvalue weighted by Gasteiger charge is 2.46. The molecule has 0 bridgehead atoms. The standard InChI is InChI=1S/C14H28N2O3S/c1-10(20(6)18)7-8-15-12(17)16-11-9-13(2,3)19-14(11,4)5/h10-11H,7-9H2,1-6H3,(H2,15,16,17)/t10-,11-,20+/m1/s1. The molecule has 0 radical (unpaired) electrons. The van der Waals surface area contributed by atoms with Gasteiger partial charge in [-0.25, -0.2) is 4.79 Å². The normalized spacial score (nSPS) is 26.8. The van der Waals surface area contributed by atoms with Crippen LogP contribution in [-0.4, -0.2) is 45.5 Å². The predicted octanol–water partition coefficient (Wildman–Crippen LogP) is 1.79. The number of hydrogen-bond acceptors (Lipinski definition) is 3. The summed E-state index contributed by atoms with van der Waals surface area (Å²) >= 11 is 0. The van der Waals surface area contributed by atoms with Crippen molar-refractivity contribution >= 4 is 16.8 Å². The molecular weight excluding hydrogens is 276 g/mol. The van der Waals surface area contributed by atoms with E-state index in [-0.39, 0.29) is 28.5 Å². The summed E-state index contributed by atoms with van der Waals surface area (Å²) in [5.41, 5.74) is -0.575. The van der Waals surface area contributed by atoms with E-state index in [1.54, 1.807) is 6.26 Å². The Morgan fingerprint density at radius 2 is 2.00 bits per heavy atom. The molecule has 0 aliphatic carbocycles. The quantitative estimate of drug-likeness (QED) is 0.813. The molecule has 5 nitrogen and oxygen atoms in total. The zero-order valence-corrected chi connectivity index (χ0v) is 14.2. The monoisotopic (exact) mass is 304 g/mol. The Bertz CT molecular complexity index is 383. The topological polar surface area (TPSA) is 67.4 Å². The molecule has 1 rings (SSSR count). The lowest BCUT2D eigenvalue weighted by atomic mass is 9.95. The number of carbonyl (C=O) groups is 1. The lowest BCUT2D eigenvalue weighted by Gasteiger charge is -2.27. The van der Waals surface area contributed by atoms with E-state index in [4.69, 9.17) is 4.74 Å². The number of urea groups is 1. The first-order valence-corrected chi connectivity index (χ1v) is 8.72. The van der Waals surface area contributed by atoms with Gasteiger partial charge in [0.2, 0.25) is 0 Å². The van der Waals surface area contributed by atoms with Gasteiger partial charge in [0, 0.05) is 28.9 Å². The minimum absolute atomic E-state index is 0.00442. The van der Waals surface area contributed by atoms with Crippen LogP contribution in [0.5, 0.6) is 0 Å². The molecule has 1 aliphatic heterocycles. The van der Waals surface area contributed by atoms with E-state index >= 15 is 0 Å². The van der Waals surface area contributed by atoms with Crippen LogP contribution >= 0.6 is 0 Å². The second kappa shape index (κ2) is 6.43. The summed E-state index contributed by atoms with van der Waals surface area (Å²) in [6.45, 7) is 10.5. The molecule has 0 aromatic rings. The maximum Gasteiger partial charge on any atom is 0.315 e. The minimum atomic E-state index is -0.844. The van der Waals surface area contributed by atoms with E-state index in [1.165, 1.54) is 0 Å². The van der Waals surface area contributed by atoms with Gasteiger partial charge in [-0.1, -0.05) is 6.92 Å². The van der Waals surface area contributed by atoms with Crippen molar-refractivity contribution in [3.63, 3.8) is 0 Å². The van der Waals surface area contributed by atoms with Crippen molar-refractivity contribution in [1.82, 2.24) is 10.6 Å². The molecule has 1 fully saturated rings. The van der Waals surface area contributed by atoms with Gasteiger partial charge in [-0.2, -0.15) is 0 Å². The molecule has 118 valence electrons. The summed E-state index contributed by atoms with van der Waals surface area (Å²) in [7, 11) is -0.844. The number of nitrogens with one attached hydrogen (secondary N) is 2. The van der Waals surface area contributed by atoms with E-state index in [0.29, 0.717) is 13.0 Å². The van der Waals surface area contributed by atoms with E-state index in [9.17, 15) is 9.00 Å². The highest BCUT2D eigenvalue weighted by Crippen LogP contribution is 2.37. The fourth-order valence-corrected chi connectivity index (χ4v) is 3.00. The number of rotatable bonds is 5. The third-order valence-electron chi connectivity index (χ3n) is 3.78. The molecule has 20 heavy (non-hydrogen) atoms. The Morgan fingerprint density at radius 1 is 1.40 bits per heavy atom. The lowest BCUT2D eigenvalue weighted by molar-refractivity contribution is -0.0690. The van der Waals surface area contributed by atoms with E-state index < -0.39 is 10.8 Å². The van der Waals surface area contributed by atoms with Gasteiger partial charge in [0.1, 0.15) is 0 Å². The number of amides is 2. The molecule has 0 aromatic carbocycles. The van der Waals surface area contributed by atoms with Crippen LogP contribution in [0.3, 0.4) is 0 Å². The molecule has 0 unspecified atom stereocenters. The first-order valence-electron chi connectivity index (χ1n) is 7.10. The van der Waals surface area contributed by atoms with Gasteiger partial charge < -0.3 is 15.4 Å². The zero-order valence-electron chi connectivity index (χ0n) is 13.4. The summed E-state index contributed by atoms with van der Waals surface area (Å²) in [5.74, 6) is 0. The number of carbonyl (C=O) groups excluding carboxylic acids is 1. The Balaban J connectivity index is 2.38. The Morgan fingerprint density at radius 3 is 2.45 bits per heavy atom. The SMILES string of the molecule is C[C@H](CCNC(=O)N[C@@H]1CC(C)(C)OC1(C)C)[S@](C)=O. The molecule has 2 amide bonds. The van der Waals surface area contributed by atoms with Gasteiger partial charge in [0.25, 0.3) is 0 Å². The maximum absolute atomic E-state index is 11.9. The third kappa shape index (κ3) is 5.05. The maximum atomic E-state index is 11.9. The molecule has 2 N–H and O–H groups in total. The summed E-state index contributed by atoms with van der Waals surface area (Å²) in [6.07, 6.45) is 3.20. The molecule has 1 saturated heterocycles. The molecule has 3 atom stereocenters. The first-order chi connectivity index (χ1) is 9.03. The van der Waals surface area contributed by atoms with Crippen molar-refractivity contribution in [3.8, 4) is 0 Å². The summed E-state index contributed by atoms with van der Waals surface area (Å²) < 4.78 is 17.2. The second-order valence-corrected chi connectivity index (χ2v) is 8.52. The van der Waals surface area contributed by atoms with Gasteiger partial charge in [-0.3, -0.25) is 4.21 Å². The summed E-state index contributed by atoms with van der Waals surface area (Å²) in [5, 5.41) is 5.89. The molecule has 1 heterocycles. The third-order valence-corrected chi connectivity index (χ3v) is 5.15. The van der Waals surface area contributed by atoms with Crippen molar-refractivity contribution in [1.29, 1.82) is 0 Å². The predicted molar refractivity (Wildman–Crippen MR) is 82.3 cm³/mol. The molecule has 0 saturated carbocycles. The molecular formula is C14H28N2O3S. The van der Waals surface area contributed by atoms with Crippen molar-refractivity contribution in [2.45, 2.75) is 70.0 Å². The summed E-state index contributed by atoms with van der Waals surface area (Å²) in [6, 6.07) is -0.186.